The molecule has 1 N–H and O–H groups in total. The number of nitrogens with zero attached hydrogens (tertiary/aromatic N) is 3. The summed E-state index contributed by atoms with van der Waals surface area (Å²) in [5, 5.41) is 10.1. The van der Waals surface area contributed by atoms with Crippen molar-refractivity contribution in [2.45, 2.75) is 32.7 Å². The van der Waals surface area contributed by atoms with Gasteiger partial charge in [0.2, 0.25) is 0 Å². The van der Waals surface area contributed by atoms with Gasteiger partial charge in [-0.3, -0.25) is 4.98 Å². The quantitative estimate of drug-likeness (QED) is 0.939. The fourth-order valence-electron chi connectivity index (χ4n) is 1.96. The van der Waals surface area contributed by atoms with Crippen molar-refractivity contribution in [3.05, 3.63) is 40.7 Å². The van der Waals surface area contributed by atoms with Gasteiger partial charge >= 0.3 is 5.97 Å². The van der Waals surface area contributed by atoms with E-state index in [0.717, 1.165) is 5.56 Å². The van der Waals surface area contributed by atoms with Crippen LogP contribution >= 0.6 is 11.3 Å². The molecule has 2 rings (SSSR count). The first-order valence-electron chi connectivity index (χ1n) is 6.63. The molecule has 2 heterocycles. The second-order valence-corrected chi connectivity index (χ2v) is 6.92. The van der Waals surface area contributed by atoms with Gasteiger partial charge in [0.25, 0.3) is 0 Å². The highest BCUT2D eigenvalue weighted by molar-refractivity contribution is 7.17. The molecule has 0 aromatic carbocycles. The molecule has 2 aromatic heterocycles. The largest absolute Gasteiger partial charge is 0.477 e. The first-order chi connectivity index (χ1) is 9.79. The van der Waals surface area contributed by atoms with Crippen LogP contribution in [0.4, 0.5) is 5.13 Å². The van der Waals surface area contributed by atoms with Crippen molar-refractivity contribution in [2.24, 2.45) is 0 Å². The second kappa shape index (κ2) is 5.81. The third-order valence-corrected chi connectivity index (χ3v) is 4.17. The van der Waals surface area contributed by atoms with Crippen LogP contribution in [0.5, 0.6) is 0 Å². The van der Waals surface area contributed by atoms with Gasteiger partial charge in [0.1, 0.15) is 4.88 Å². The zero-order chi connectivity index (χ0) is 15.6. The Morgan fingerprint density at radius 1 is 1.33 bits per heavy atom. The average molecular weight is 305 g/mol. The van der Waals surface area contributed by atoms with E-state index in [9.17, 15) is 9.90 Å². The van der Waals surface area contributed by atoms with Crippen LogP contribution in [-0.4, -0.2) is 28.1 Å². The van der Waals surface area contributed by atoms with E-state index in [-0.39, 0.29) is 5.41 Å². The summed E-state index contributed by atoms with van der Waals surface area (Å²) in [7, 11) is 1.91. The highest BCUT2D eigenvalue weighted by atomic mass is 32.1. The van der Waals surface area contributed by atoms with Crippen LogP contribution in [0.2, 0.25) is 0 Å². The molecule has 0 bridgehead atoms. The van der Waals surface area contributed by atoms with Crippen molar-refractivity contribution >= 4 is 22.4 Å². The summed E-state index contributed by atoms with van der Waals surface area (Å²) >= 11 is 1.22. The monoisotopic (exact) mass is 305 g/mol. The van der Waals surface area contributed by atoms with Crippen LogP contribution < -0.4 is 4.90 Å². The Morgan fingerprint density at radius 3 is 2.43 bits per heavy atom. The van der Waals surface area contributed by atoms with Gasteiger partial charge in [-0.1, -0.05) is 32.1 Å². The summed E-state index contributed by atoms with van der Waals surface area (Å²) < 4.78 is 0. The smallest absolute Gasteiger partial charge is 0.347 e. The molecular weight excluding hydrogens is 286 g/mol. The van der Waals surface area contributed by atoms with Crippen LogP contribution in [0.1, 0.15) is 41.7 Å². The van der Waals surface area contributed by atoms with Gasteiger partial charge in [-0.15, -0.1) is 0 Å². The van der Waals surface area contributed by atoms with Gasteiger partial charge < -0.3 is 10.0 Å². The molecular formula is C15H19N3O2S. The Hall–Kier alpha value is -1.95. The van der Waals surface area contributed by atoms with Gasteiger partial charge in [-0.05, 0) is 17.7 Å². The number of carboxylic acid groups (broad SMARTS) is 1. The van der Waals surface area contributed by atoms with E-state index >= 15 is 0 Å². The Balaban J connectivity index is 2.30. The molecule has 112 valence electrons. The van der Waals surface area contributed by atoms with Crippen LogP contribution in [0.3, 0.4) is 0 Å². The SMILES string of the molecule is CN(Cc1ccncc1)c1nc(C(C)(C)C)c(C(=O)O)s1. The minimum atomic E-state index is -0.916. The lowest BCUT2D eigenvalue weighted by Gasteiger charge is -2.17. The Labute approximate surface area is 128 Å². The second-order valence-electron chi connectivity index (χ2n) is 5.94. The molecule has 21 heavy (non-hydrogen) atoms. The van der Waals surface area contributed by atoms with Gasteiger partial charge in [0.15, 0.2) is 5.13 Å². The molecule has 0 aliphatic carbocycles. The lowest BCUT2D eigenvalue weighted by molar-refractivity contribution is 0.0699. The van der Waals surface area contributed by atoms with Crippen molar-refractivity contribution in [1.82, 2.24) is 9.97 Å². The van der Waals surface area contributed by atoms with Gasteiger partial charge in [-0.25, -0.2) is 9.78 Å². The summed E-state index contributed by atoms with van der Waals surface area (Å²) in [5.41, 5.74) is 1.45. The predicted molar refractivity (Wildman–Crippen MR) is 84.1 cm³/mol. The third-order valence-electron chi connectivity index (χ3n) is 3.02. The normalized spacial score (nSPS) is 11.4. The highest BCUT2D eigenvalue weighted by Crippen LogP contribution is 2.33. The first-order valence-corrected chi connectivity index (χ1v) is 7.45. The fourth-order valence-corrected chi connectivity index (χ4v) is 3.03. The number of anilines is 1. The topological polar surface area (TPSA) is 66.3 Å². The van der Waals surface area contributed by atoms with Crippen LogP contribution in [0.25, 0.3) is 0 Å². The molecule has 5 nitrogen and oxygen atoms in total. The molecule has 6 heteroatoms. The molecule has 0 saturated heterocycles. The van der Waals surface area contributed by atoms with E-state index in [4.69, 9.17) is 0 Å². The van der Waals surface area contributed by atoms with E-state index in [2.05, 4.69) is 9.97 Å². The standard InChI is InChI=1S/C15H19N3O2S/c1-15(2,3)12-11(13(19)20)21-14(17-12)18(4)9-10-5-7-16-8-6-10/h5-8H,9H2,1-4H3,(H,19,20). The van der Waals surface area contributed by atoms with Crippen molar-refractivity contribution in [3.63, 3.8) is 0 Å². The maximum Gasteiger partial charge on any atom is 0.347 e. The summed E-state index contributed by atoms with van der Waals surface area (Å²) in [4.78, 5) is 22.2. The molecule has 0 saturated carbocycles. The summed E-state index contributed by atoms with van der Waals surface area (Å²) in [6, 6.07) is 3.87. The molecule has 0 spiro atoms. The molecule has 0 atom stereocenters. The minimum Gasteiger partial charge on any atom is -0.477 e. The maximum atomic E-state index is 11.4. The molecule has 0 unspecified atom stereocenters. The Kier molecular flexibility index (Phi) is 4.27. The van der Waals surface area contributed by atoms with Crippen molar-refractivity contribution < 1.29 is 9.90 Å². The zero-order valence-corrected chi connectivity index (χ0v) is 13.4. The van der Waals surface area contributed by atoms with Crippen molar-refractivity contribution in [2.75, 3.05) is 11.9 Å². The Bertz CT molecular complexity index is 632. The molecule has 0 radical (unpaired) electrons. The lowest BCUT2D eigenvalue weighted by atomic mass is 9.91. The third kappa shape index (κ3) is 3.58. The number of aromatic carboxylic acids is 1. The number of carbonyl (C=O) groups is 1. The fraction of sp³-hybridized carbons (Fsp3) is 0.400. The van der Waals surface area contributed by atoms with E-state index < -0.39 is 5.97 Å². The number of pyridine rings is 1. The minimum absolute atomic E-state index is 0.292. The van der Waals surface area contributed by atoms with Crippen molar-refractivity contribution in [3.8, 4) is 0 Å². The van der Waals surface area contributed by atoms with Gasteiger partial charge in [0.05, 0.1) is 5.69 Å². The molecule has 2 aromatic rings. The summed E-state index contributed by atoms with van der Waals surface area (Å²) in [6.45, 7) is 6.59. The van der Waals surface area contributed by atoms with Crippen LogP contribution in [0.15, 0.2) is 24.5 Å². The van der Waals surface area contributed by atoms with Gasteiger partial charge in [0, 0.05) is 31.4 Å². The highest BCUT2D eigenvalue weighted by Gasteiger charge is 2.27. The average Bonchev–Trinajstić information content (AvgIpc) is 2.85. The van der Waals surface area contributed by atoms with E-state index in [0.29, 0.717) is 22.2 Å². The molecule has 0 fully saturated rings. The Morgan fingerprint density at radius 2 is 1.95 bits per heavy atom. The van der Waals surface area contributed by atoms with Crippen LogP contribution in [0, 0.1) is 0 Å². The predicted octanol–water partition coefficient (Wildman–Crippen LogP) is 3.17. The number of hydrogen-bond acceptors (Lipinski definition) is 5. The maximum absolute atomic E-state index is 11.4. The molecule has 0 aliphatic rings. The lowest BCUT2D eigenvalue weighted by Crippen LogP contribution is -2.18. The van der Waals surface area contributed by atoms with Crippen LogP contribution in [-0.2, 0) is 12.0 Å². The number of hydrogen-bond donors (Lipinski definition) is 1. The summed E-state index contributed by atoms with van der Waals surface area (Å²) in [5.74, 6) is -0.916. The first kappa shape index (κ1) is 15.4. The molecule has 0 aliphatic heterocycles. The molecule has 0 amide bonds. The van der Waals surface area contributed by atoms with E-state index in [1.54, 1.807) is 12.4 Å². The number of thiazole rings is 1. The number of aromatic nitrogens is 2. The number of rotatable bonds is 4. The zero-order valence-electron chi connectivity index (χ0n) is 12.6. The van der Waals surface area contributed by atoms with E-state index in [1.807, 2.05) is 44.9 Å². The van der Waals surface area contributed by atoms with Gasteiger partial charge in [-0.2, -0.15) is 0 Å². The number of carboxylic acids is 1. The van der Waals surface area contributed by atoms with E-state index in [1.165, 1.54) is 11.3 Å². The summed E-state index contributed by atoms with van der Waals surface area (Å²) in [6.07, 6.45) is 3.49. The van der Waals surface area contributed by atoms with Crippen molar-refractivity contribution in [1.29, 1.82) is 0 Å².